The van der Waals surface area contributed by atoms with E-state index >= 15 is 0 Å². The molecule has 2 saturated heterocycles. The number of carboxylic acids is 1. The number of aliphatic carboxylic acids is 1. The van der Waals surface area contributed by atoms with Gasteiger partial charge in [-0.2, -0.15) is 18.3 Å². The van der Waals surface area contributed by atoms with Gasteiger partial charge in [0, 0.05) is 63.8 Å². The molecule has 1 amide bonds. The van der Waals surface area contributed by atoms with Crippen LogP contribution in [-0.2, 0) is 29.7 Å². The quantitative estimate of drug-likeness (QED) is 0.540. The lowest BCUT2D eigenvalue weighted by atomic mass is 9.70. The van der Waals surface area contributed by atoms with Crippen LogP contribution in [0.15, 0.2) is 67.0 Å². The van der Waals surface area contributed by atoms with E-state index < -0.39 is 17.6 Å². The predicted molar refractivity (Wildman–Crippen MR) is 133 cm³/mol. The Balaban J connectivity index is 0.000000426. The molecule has 0 unspecified atom stereocenters. The van der Waals surface area contributed by atoms with Gasteiger partial charge in [0.05, 0.1) is 11.1 Å². The van der Waals surface area contributed by atoms with Crippen LogP contribution in [0.3, 0.4) is 0 Å². The third-order valence-corrected chi connectivity index (χ3v) is 7.16. The lowest BCUT2D eigenvalue weighted by Gasteiger charge is -2.42. The Morgan fingerprint density at radius 2 is 1.79 bits per heavy atom. The van der Waals surface area contributed by atoms with Crippen molar-refractivity contribution in [2.24, 2.45) is 12.5 Å². The molecule has 5 rings (SSSR count). The van der Waals surface area contributed by atoms with Gasteiger partial charge in [-0.25, -0.2) is 4.79 Å². The molecular formula is C27H30F3N5O3. The van der Waals surface area contributed by atoms with E-state index in [1.165, 1.54) is 5.56 Å². The molecule has 38 heavy (non-hydrogen) atoms. The SMILES string of the molecule is Cn1nccc1[C@@H]1CN(Cc2ccccn2)C[C@]12CCCN(Cc1ccccc1)C2=O.O=C(O)C(F)(F)F. The molecule has 0 saturated carbocycles. The summed E-state index contributed by atoms with van der Waals surface area (Å²) < 4.78 is 33.7. The van der Waals surface area contributed by atoms with Crippen molar-refractivity contribution in [1.29, 1.82) is 0 Å². The summed E-state index contributed by atoms with van der Waals surface area (Å²) in [4.78, 5) is 31.9. The molecule has 3 aromatic rings. The third kappa shape index (κ3) is 6.04. The summed E-state index contributed by atoms with van der Waals surface area (Å²) in [6.45, 7) is 3.89. The lowest BCUT2D eigenvalue weighted by Crippen LogP contribution is -2.52. The maximum atomic E-state index is 14.0. The van der Waals surface area contributed by atoms with E-state index in [-0.39, 0.29) is 11.8 Å². The molecule has 1 spiro atoms. The Hall–Kier alpha value is -3.73. The van der Waals surface area contributed by atoms with Crippen molar-refractivity contribution in [3.05, 3.63) is 83.9 Å². The smallest absolute Gasteiger partial charge is 0.475 e. The Morgan fingerprint density at radius 1 is 1.08 bits per heavy atom. The molecule has 2 atom stereocenters. The van der Waals surface area contributed by atoms with Gasteiger partial charge in [0.1, 0.15) is 0 Å². The molecule has 1 aromatic carbocycles. The average Bonchev–Trinajstić information content (AvgIpc) is 3.46. The molecule has 0 aliphatic carbocycles. The van der Waals surface area contributed by atoms with E-state index in [0.29, 0.717) is 6.54 Å². The van der Waals surface area contributed by atoms with Crippen LogP contribution in [0.1, 0.15) is 35.7 Å². The normalized spacial score (nSPS) is 21.8. The highest BCUT2D eigenvalue weighted by Crippen LogP contribution is 2.49. The number of piperidine rings is 1. The van der Waals surface area contributed by atoms with Gasteiger partial charge in [-0.3, -0.25) is 19.4 Å². The first-order valence-corrected chi connectivity index (χ1v) is 12.3. The number of benzene rings is 1. The van der Waals surface area contributed by atoms with Crippen LogP contribution in [0.2, 0.25) is 0 Å². The summed E-state index contributed by atoms with van der Waals surface area (Å²) >= 11 is 0. The summed E-state index contributed by atoms with van der Waals surface area (Å²) in [5.41, 5.74) is 2.98. The van der Waals surface area contributed by atoms with Crippen molar-refractivity contribution in [3.63, 3.8) is 0 Å². The maximum Gasteiger partial charge on any atom is 0.490 e. The minimum Gasteiger partial charge on any atom is -0.475 e. The van der Waals surface area contributed by atoms with Gasteiger partial charge in [0.25, 0.3) is 0 Å². The number of carboxylic acid groups (broad SMARTS) is 1. The first kappa shape index (κ1) is 27.3. The van der Waals surface area contributed by atoms with E-state index in [2.05, 4.69) is 44.1 Å². The van der Waals surface area contributed by atoms with Crippen LogP contribution in [0.5, 0.6) is 0 Å². The molecule has 11 heteroatoms. The fraction of sp³-hybridized carbons (Fsp3) is 0.407. The van der Waals surface area contributed by atoms with E-state index in [4.69, 9.17) is 9.90 Å². The zero-order chi connectivity index (χ0) is 27.3. The number of carbonyl (C=O) groups is 2. The zero-order valence-electron chi connectivity index (χ0n) is 21.0. The van der Waals surface area contributed by atoms with E-state index in [1.54, 1.807) is 0 Å². The Labute approximate surface area is 218 Å². The largest absolute Gasteiger partial charge is 0.490 e. The Morgan fingerprint density at radius 3 is 2.39 bits per heavy atom. The number of aryl methyl sites for hydroxylation is 1. The van der Waals surface area contributed by atoms with E-state index in [1.807, 2.05) is 54.5 Å². The third-order valence-electron chi connectivity index (χ3n) is 7.16. The fourth-order valence-corrected chi connectivity index (χ4v) is 5.48. The zero-order valence-corrected chi connectivity index (χ0v) is 21.0. The highest BCUT2D eigenvalue weighted by Gasteiger charge is 2.55. The van der Waals surface area contributed by atoms with Gasteiger partial charge in [-0.1, -0.05) is 36.4 Å². The summed E-state index contributed by atoms with van der Waals surface area (Å²) in [6, 6.07) is 18.4. The average molecular weight is 530 g/mol. The van der Waals surface area contributed by atoms with Crippen LogP contribution in [0.25, 0.3) is 0 Å². The Bertz CT molecular complexity index is 1240. The maximum absolute atomic E-state index is 14.0. The van der Waals surface area contributed by atoms with Gasteiger partial charge in [-0.15, -0.1) is 0 Å². The van der Waals surface area contributed by atoms with Crippen molar-refractivity contribution in [2.45, 2.75) is 38.0 Å². The minimum absolute atomic E-state index is 0.134. The van der Waals surface area contributed by atoms with Crippen molar-refractivity contribution in [3.8, 4) is 0 Å². The molecule has 2 aromatic heterocycles. The highest BCUT2D eigenvalue weighted by atomic mass is 19.4. The fourth-order valence-electron chi connectivity index (χ4n) is 5.48. The van der Waals surface area contributed by atoms with Crippen LogP contribution >= 0.6 is 0 Å². The van der Waals surface area contributed by atoms with Gasteiger partial charge in [-0.05, 0) is 36.6 Å². The van der Waals surface area contributed by atoms with Gasteiger partial charge >= 0.3 is 12.1 Å². The van der Waals surface area contributed by atoms with Crippen LogP contribution in [-0.4, -0.2) is 67.4 Å². The number of rotatable bonds is 5. The summed E-state index contributed by atoms with van der Waals surface area (Å²) in [7, 11) is 1.99. The number of aromatic nitrogens is 3. The molecule has 8 nitrogen and oxygen atoms in total. The lowest BCUT2D eigenvalue weighted by molar-refractivity contribution is -0.192. The molecule has 4 heterocycles. The van der Waals surface area contributed by atoms with Crippen molar-refractivity contribution >= 4 is 11.9 Å². The van der Waals surface area contributed by atoms with Crippen LogP contribution in [0, 0.1) is 5.41 Å². The monoisotopic (exact) mass is 529 g/mol. The second kappa shape index (κ2) is 11.3. The number of carbonyl (C=O) groups excluding carboxylic acids is 1. The number of nitrogens with zero attached hydrogens (tertiary/aromatic N) is 5. The van der Waals surface area contributed by atoms with E-state index in [9.17, 15) is 18.0 Å². The molecule has 2 aliphatic rings. The number of alkyl halides is 3. The Kier molecular flexibility index (Phi) is 8.15. The minimum atomic E-state index is -5.08. The molecule has 202 valence electrons. The first-order chi connectivity index (χ1) is 18.1. The first-order valence-electron chi connectivity index (χ1n) is 12.3. The number of halogens is 3. The van der Waals surface area contributed by atoms with Gasteiger partial charge in [0.2, 0.25) is 5.91 Å². The van der Waals surface area contributed by atoms with Crippen LogP contribution < -0.4 is 0 Å². The number of pyridine rings is 1. The second-order valence-electron chi connectivity index (χ2n) is 9.70. The molecule has 2 fully saturated rings. The van der Waals surface area contributed by atoms with Crippen molar-refractivity contribution in [1.82, 2.24) is 24.6 Å². The van der Waals surface area contributed by atoms with Crippen LogP contribution in [0.4, 0.5) is 13.2 Å². The molecule has 0 bridgehead atoms. The highest BCUT2D eigenvalue weighted by molar-refractivity contribution is 5.85. The standard InChI is InChI=1S/C25H29N5O.C2HF3O2/c1-28-23(11-14-27-28)22-18-29(17-21-10-5-6-13-26-21)19-25(22)12-7-15-30(24(25)31)16-20-8-3-2-4-9-20;3-2(4,5)1(6)7/h2-6,8-11,13-14,22H,7,12,15-19H2,1H3;(H,6,7)/t22-,25+;/m0./s1. The van der Waals surface area contributed by atoms with Crippen molar-refractivity contribution in [2.75, 3.05) is 19.6 Å². The number of likely N-dealkylation sites (tertiary alicyclic amines) is 2. The molecule has 1 N–H and O–H groups in total. The van der Waals surface area contributed by atoms with Gasteiger partial charge in [0.15, 0.2) is 0 Å². The topological polar surface area (TPSA) is 91.6 Å². The number of amides is 1. The molecule has 2 aliphatic heterocycles. The summed E-state index contributed by atoms with van der Waals surface area (Å²) in [5.74, 6) is -2.33. The summed E-state index contributed by atoms with van der Waals surface area (Å²) in [5, 5.41) is 11.5. The number of hydrogen-bond acceptors (Lipinski definition) is 5. The predicted octanol–water partition coefficient (Wildman–Crippen LogP) is 3.86. The molecular weight excluding hydrogens is 499 g/mol. The summed E-state index contributed by atoms with van der Waals surface area (Å²) in [6.07, 6.45) is 0.558. The second-order valence-corrected chi connectivity index (χ2v) is 9.70. The number of hydrogen-bond donors (Lipinski definition) is 1. The van der Waals surface area contributed by atoms with Gasteiger partial charge < -0.3 is 10.0 Å². The van der Waals surface area contributed by atoms with Crippen molar-refractivity contribution < 1.29 is 27.9 Å². The van der Waals surface area contributed by atoms with E-state index in [0.717, 1.165) is 50.4 Å². The molecule has 0 radical (unpaired) electrons.